The topological polar surface area (TPSA) is 43.8 Å². The maximum Gasteiger partial charge on any atom is 0.347 e. The van der Waals surface area contributed by atoms with E-state index in [9.17, 15) is 9.90 Å². The Morgan fingerprint density at radius 1 is 1.26 bits per heavy atom. The first kappa shape index (κ1) is 13.5. The molecule has 1 aromatic rings. The van der Waals surface area contributed by atoms with Crippen molar-refractivity contribution in [2.75, 3.05) is 11.4 Å². The molecule has 0 radical (unpaired) electrons. The molecule has 0 aliphatic carbocycles. The number of aryl methyl sites for hydroxylation is 1. The van der Waals surface area contributed by atoms with Crippen LogP contribution in [0.4, 0.5) is 5.69 Å². The number of carbonyl (C=O) groups is 1. The van der Waals surface area contributed by atoms with E-state index in [1.165, 1.54) is 5.56 Å². The number of hydrogen-bond acceptors (Lipinski definition) is 3. The third-order valence-electron chi connectivity index (χ3n) is 3.32. The van der Waals surface area contributed by atoms with Gasteiger partial charge in [-0.15, -0.1) is 0 Å². The lowest BCUT2D eigenvalue weighted by Crippen LogP contribution is -2.45. The molecule has 4 nitrogen and oxygen atoms in total. The van der Waals surface area contributed by atoms with Crippen molar-refractivity contribution in [2.45, 2.75) is 32.9 Å². The zero-order chi connectivity index (χ0) is 13.8. The summed E-state index contributed by atoms with van der Waals surface area (Å²) in [6.45, 7) is 4.89. The minimum atomic E-state index is -0.818. The molecular formula is C15H20N2O2. The lowest BCUT2D eigenvalue weighted by molar-refractivity contribution is -0.141. The number of carboxylic acids is 1. The molecule has 102 valence electrons. The second-order valence-electron chi connectivity index (χ2n) is 4.84. The van der Waals surface area contributed by atoms with Crippen LogP contribution in [-0.4, -0.2) is 28.7 Å². The molecule has 1 atom stereocenters. The molecule has 2 rings (SSSR count). The molecule has 0 aromatic heterocycles. The highest BCUT2D eigenvalue weighted by Crippen LogP contribution is 2.25. The average molecular weight is 260 g/mol. The third kappa shape index (κ3) is 2.89. The molecule has 1 N–H and O–H groups in total. The summed E-state index contributed by atoms with van der Waals surface area (Å²) < 4.78 is 0. The van der Waals surface area contributed by atoms with E-state index in [2.05, 4.69) is 6.92 Å². The lowest BCUT2D eigenvalue weighted by Gasteiger charge is -2.29. The molecule has 0 amide bonds. The minimum Gasteiger partial charge on any atom is -0.478 e. The molecule has 1 aromatic carbocycles. The van der Waals surface area contributed by atoms with Crippen molar-refractivity contribution < 1.29 is 9.90 Å². The van der Waals surface area contributed by atoms with Crippen LogP contribution in [0.2, 0.25) is 0 Å². The van der Waals surface area contributed by atoms with Crippen molar-refractivity contribution in [3.63, 3.8) is 0 Å². The zero-order valence-electron chi connectivity index (χ0n) is 11.4. The molecule has 1 aliphatic heterocycles. The number of rotatable bonds is 5. The third-order valence-corrected chi connectivity index (χ3v) is 3.32. The van der Waals surface area contributed by atoms with E-state index in [4.69, 9.17) is 0 Å². The Morgan fingerprint density at radius 3 is 2.53 bits per heavy atom. The van der Waals surface area contributed by atoms with Gasteiger partial charge in [-0.3, -0.25) is 0 Å². The Hall–Kier alpha value is -1.97. The first-order valence-electron chi connectivity index (χ1n) is 6.65. The minimum absolute atomic E-state index is 0.630. The summed E-state index contributed by atoms with van der Waals surface area (Å²) in [6.07, 6.45) is 5.14. The highest BCUT2D eigenvalue weighted by Gasteiger charge is 2.33. The van der Waals surface area contributed by atoms with Gasteiger partial charge in [0.2, 0.25) is 6.17 Å². The molecule has 0 saturated heterocycles. The summed E-state index contributed by atoms with van der Waals surface area (Å²) in [5.41, 5.74) is 2.08. The van der Waals surface area contributed by atoms with Crippen LogP contribution in [0, 0.1) is 6.92 Å². The molecular weight excluding hydrogens is 240 g/mol. The number of aliphatic carboxylic acids is 1. The van der Waals surface area contributed by atoms with Crippen molar-refractivity contribution in [1.82, 2.24) is 4.90 Å². The number of nitrogens with zero attached hydrogens (tertiary/aromatic N) is 2. The molecule has 0 spiro atoms. The standard InChI is InChI=1S/C15H20N2O2/c1-3-4-9-16-10-11-17(14(16)15(18)19)13-7-5-12(2)6-8-13/h5-8,10-11,14H,3-4,9H2,1-2H3,(H,18,19). The van der Waals surface area contributed by atoms with Crippen LogP contribution in [0.25, 0.3) is 0 Å². The molecule has 0 bridgehead atoms. The molecule has 19 heavy (non-hydrogen) atoms. The fourth-order valence-electron chi connectivity index (χ4n) is 2.22. The van der Waals surface area contributed by atoms with Gasteiger partial charge in [0.15, 0.2) is 0 Å². The Morgan fingerprint density at radius 2 is 1.95 bits per heavy atom. The Labute approximate surface area is 113 Å². The van der Waals surface area contributed by atoms with Crippen LogP contribution in [0.1, 0.15) is 25.3 Å². The number of hydrogen-bond donors (Lipinski definition) is 1. The van der Waals surface area contributed by atoms with Crippen LogP contribution in [0.5, 0.6) is 0 Å². The van der Waals surface area contributed by atoms with Crippen LogP contribution in [-0.2, 0) is 4.79 Å². The van der Waals surface area contributed by atoms with Crippen LogP contribution in [0.3, 0.4) is 0 Å². The SMILES string of the molecule is CCCCN1C=CN(c2ccc(C)cc2)C1C(=O)O. The normalized spacial score (nSPS) is 18.1. The van der Waals surface area contributed by atoms with Crippen molar-refractivity contribution in [1.29, 1.82) is 0 Å². The largest absolute Gasteiger partial charge is 0.478 e. The lowest BCUT2D eigenvalue weighted by atomic mass is 10.2. The zero-order valence-corrected chi connectivity index (χ0v) is 11.4. The van der Waals surface area contributed by atoms with Crippen LogP contribution >= 0.6 is 0 Å². The van der Waals surface area contributed by atoms with Gasteiger partial charge in [0.25, 0.3) is 0 Å². The first-order chi connectivity index (χ1) is 9.13. The smallest absolute Gasteiger partial charge is 0.347 e. The van der Waals surface area contributed by atoms with Gasteiger partial charge in [-0.2, -0.15) is 0 Å². The van der Waals surface area contributed by atoms with E-state index in [1.54, 1.807) is 4.90 Å². The van der Waals surface area contributed by atoms with Crippen molar-refractivity contribution in [2.24, 2.45) is 0 Å². The quantitative estimate of drug-likeness (QED) is 0.884. The van der Waals surface area contributed by atoms with Gasteiger partial charge in [-0.05, 0) is 25.5 Å². The second-order valence-corrected chi connectivity index (χ2v) is 4.84. The molecule has 4 heteroatoms. The van der Waals surface area contributed by atoms with Crippen molar-refractivity contribution >= 4 is 11.7 Å². The molecule has 0 fully saturated rings. The van der Waals surface area contributed by atoms with E-state index in [-0.39, 0.29) is 0 Å². The highest BCUT2D eigenvalue weighted by molar-refractivity contribution is 5.79. The van der Waals surface area contributed by atoms with E-state index >= 15 is 0 Å². The number of carboxylic acid groups (broad SMARTS) is 1. The van der Waals surface area contributed by atoms with E-state index in [1.807, 2.05) is 48.5 Å². The monoisotopic (exact) mass is 260 g/mol. The van der Waals surface area contributed by atoms with Crippen LogP contribution in [0.15, 0.2) is 36.7 Å². The molecule has 1 heterocycles. The fraction of sp³-hybridized carbons (Fsp3) is 0.400. The van der Waals surface area contributed by atoms with Gasteiger partial charge in [0, 0.05) is 24.6 Å². The Balaban J connectivity index is 2.19. The van der Waals surface area contributed by atoms with Crippen LogP contribution < -0.4 is 4.90 Å². The van der Waals surface area contributed by atoms with Gasteiger partial charge in [-0.25, -0.2) is 4.79 Å². The predicted molar refractivity (Wildman–Crippen MR) is 75.8 cm³/mol. The summed E-state index contributed by atoms with van der Waals surface area (Å²) in [4.78, 5) is 15.2. The van der Waals surface area contributed by atoms with E-state index in [0.29, 0.717) is 0 Å². The number of anilines is 1. The second kappa shape index (κ2) is 5.78. The molecule has 1 unspecified atom stereocenters. The highest BCUT2D eigenvalue weighted by atomic mass is 16.4. The van der Waals surface area contributed by atoms with Gasteiger partial charge in [0.1, 0.15) is 0 Å². The molecule has 0 saturated carbocycles. The van der Waals surface area contributed by atoms with Gasteiger partial charge in [-0.1, -0.05) is 31.0 Å². The Kier molecular flexibility index (Phi) is 4.10. The summed E-state index contributed by atoms with van der Waals surface area (Å²) in [7, 11) is 0. The van der Waals surface area contributed by atoms with Crippen molar-refractivity contribution in [3.8, 4) is 0 Å². The number of unbranched alkanes of at least 4 members (excludes halogenated alkanes) is 1. The summed E-state index contributed by atoms with van der Waals surface area (Å²) in [5.74, 6) is -0.818. The summed E-state index contributed by atoms with van der Waals surface area (Å²) >= 11 is 0. The fourth-order valence-corrected chi connectivity index (χ4v) is 2.22. The summed E-state index contributed by atoms with van der Waals surface area (Å²) in [6, 6.07) is 7.91. The average Bonchev–Trinajstić information content (AvgIpc) is 2.81. The van der Waals surface area contributed by atoms with Gasteiger partial charge >= 0.3 is 5.97 Å². The van der Waals surface area contributed by atoms with Gasteiger partial charge in [0.05, 0.1) is 0 Å². The van der Waals surface area contributed by atoms with Gasteiger partial charge < -0.3 is 14.9 Å². The summed E-state index contributed by atoms with van der Waals surface area (Å²) in [5, 5.41) is 9.45. The maximum absolute atomic E-state index is 11.5. The maximum atomic E-state index is 11.5. The van der Waals surface area contributed by atoms with E-state index in [0.717, 1.165) is 25.1 Å². The number of benzene rings is 1. The Bertz CT molecular complexity index is 468. The molecule has 1 aliphatic rings. The van der Waals surface area contributed by atoms with E-state index < -0.39 is 12.1 Å². The first-order valence-corrected chi connectivity index (χ1v) is 6.65. The predicted octanol–water partition coefficient (Wildman–Crippen LogP) is 2.80. The van der Waals surface area contributed by atoms with Crippen molar-refractivity contribution in [3.05, 3.63) is 42.2 Å².